The Bertz CT molecular complexity index is 2880. The molecule has 8 N–H and O–H groups in total. The third-order valence-corrected chi connectivity index (χ3v) is 13.8. The third-order valence-electron chi connectivity index (χ3n) is 8.17. The lowest BCUT2D eigenvalue weighted by atomic mass is 10.1. The molecule has 26 nitrogen and oxygen atoms in total. The van der Waals surface area contributed by atoms with Crippen LogP contribution in [-0.4, -0.2) is 81.3 Å². The summed E-state index contributed by atoms with van der Waals surface area (Å²) < 4.78 is 107. The highest BCUT2D eigenvalue weighted by atomic mass is 32.2. The van der Waals surface area contributed by atoms with Gasteiger partial charge in [0.2, 0.25) is 0 Å². The maximum Gasteiger partial charge on any atom is 0.296 e. The van der Waals surface area contributed by atoms with E-state index in [9.17, 15) is 39.7 Å². The molecule has 0 fully saturated rings. The van der Waals surface area contributed by atoms with Crippen molar-refractivity contribution < 1.29 is 92.0 Å². The number of nitrogens with two attached hydrogens (primary N) is 1. The minimum Gasteiger partial charge on any atom is -0.505 e. The van der Waals surface area contributed by atoms with Crippen LogP contribution in [0.4, 0.5) is 34.1 Å². The first kappa shape index (κ1) is 51.0. The smallest absolute Gasteiger partial charge is 0.296 e. The van der Waals surface area contributed by atoms with Gasteiger partial charge in [0.15, 0.2) is 50.1 Å². The summed E-state index contributed by atoms with van der Waals surface area (Å²) in [5, 5.41) is 65.8. The minimum absolute atomic E-state index is 0.0146. The van der Waals surface area contributed by atoms with E-state index in [4.69, 9.17) is 29.9 Å². The van der Waals surface area contributed by atoms with E-state index in [1.165, 1.54) is 66.7 Å². The highest BCUT2D eigenvalue weighted by molar-refractivity contribution is 7.94. The molecule has 5 aromatic carbocycles. The SMILES string of the molecule is Nc1ccc2c(O)c(/N=N/c3ccc(S(=O)(=O)CCOSOOO)cc3S(=O)(=O)O)c(SOOO)cc2c1/N=N/c1ccc(C(=O)Nc2ccc(S(=O)(=O)CCOSOOO)cc2)cc1. The normalized spacial score (nSPS) is 12.4. The lowest BCUT2D eigenvalue weighted by Gasteiger charge is -2.12. The van der Waals surface area contributed by atoms with Crippen LogP contribution in [0.15, 0.2) is 125 Å². The van der Waals surface area contributed by atoms with Crippen molar-refractivity contribution in [2.45, 2.75) is 19.6 Å². The van der Waals surface area contributed by atoms with Crippen LogP contribution >= 0.6 is 36.7 Å². The molecule has 5 aromatic rings. The molecule has 65 heavy (non-hydrogen) atoms. The molecule has 0 aliphatic rings. The predicted molar refractivity (Wildman–Crippen MR) is 227 cm³/mol. The van der Waals surface area contributed by atoms with Gasteiger partial charge in [-0.05, 0) is 84.9 Å². The van der Waals surface area contributed by atoms with Crippen LogP contribution in [0, 0.1) is 0 Å². The molecule has 1 amide bonds. The Balaban J connectivity index is 1.36. The number of rotatable bonds is 24. The van der Waals surface area contributed by atoms with E-state index in [1.807, 2.05) is 0 Å². The van der Waals surface area contributed by atoms with Gasteiger partial charge in [-0.2, -0.15) is 13.5 Å². The van der Waals surface area contributed by atoms with Gasteiger partial charge in [0, 0.05) is 22.0 Å². The van der Waals surface area contributed by atoms with E-state index in [2.05, 4.69) is 53.9 Å². The molecule has 0 aromatic heterocycles. The van der Waals surface area contributed by atoms with Crippen LogP contribution in [-0.2, 0) is 66.3 Å². The molecule has 0 radical (unpaired) electrons. The van der Waals surface area contributed by atoms with Crippen molar-refractivity contribution in [2.24, 2.45) is 20.5 Å². The zero-order valence-electron chi connectivity index (χ0n) is 32.1. The first-order chi connectivity index (χ1) is 31.0. The van der Waals surface area contributed by atoms with Crippen LogP contribution in [0.3, 0.4) is 0 Å². The monoisotopic (exact) mass is 1020 g/mol. The summed E-state index contributed by atoms with van der Waals surface area (Å²) in [4.78, 5) is 11.2. The molecule has 5 rings (SSSR count). The fourth-order valence-electron chi connectivity index (χ4n) is 5.22. The van der Waals surface area contributed by atoms with E-state index in [0.29, 0.717) is 18.1 Å². The van der Waals surface area contributed by atoms with Crippen molar-refractivity contribution in [3.05, 3.63) is 90.5 Å². The average Bonchev–Trinajstić information content (AvgIpc) is 3.27. The van der Waals surface area contributed by atoms with Gasteiger partial charge in [-0.1, -0.05) is 15.1 Å². The molecule has 0 unspecified atom stereocenters. The van der Waals surface area contributed by atoms with Gasteiger partial charge in [-0.15, -0.1) is 28.3 Å². The molecule has 0 bridgehead atoms. The number of hydrogen-bond acceptors (Lipinski definition) is 27. The number of phenolic OH excluding ortho intramolecular Hbond substituents is 1. The zero-order valence-corrected chi connectivity index (χ0v) is 37.0. The Hall–Kier alpha value is -4.95. The van der Waals surface area contributed by atoms with Crippen molar-refractivity contribution >= 4 is 117 Å². The van der Waals surface area contributed by atoms with E-state index in [-0.39, 0.29) is 80.1 Å². The van der Waals surface area contributed by atoms with E-state index in [0.717, 1.165) is 12.1 Å². The van der Waals surface area contributed by atoms with Crippen molar-refractivity contribution in [1.82, 2.24) is 0 Å². The average molecular weight is 1020 g/mol. The molecular weight excluding hydrogens is 993 g/mol. The topological polar surface area (TPSA) is 382 Å². The molecular formula is C33H30N6O20S6. The van der Waals surface area contributed by atoms with Gasteiger partial charge in [0.1, 0.15) is 22.0 Å². The van der Waals surface area contributed by atoms with Gasteiger partial charge in [0.25, 0.3) is 16.0 Å². The van der Waals surface area contributed by atoms with Crippen LogP contribution < -0.4 is 11.1 Å². The molecule has 0 saturated heterocycles. The van der Waals surface area contributed by atoms with Crippen LogP contribution in [0.25, 0.3) is 10.8 Å². The van der Waals surface area contributed by atoms with Gasteiger partial charge >= 0.3 is 0 Å². The highest BCUT2D eigenvalue weighted by Gasteiger charge is 2.24. The number of nitrogens with zero attached hydrogens (tertiary/aromatic N) is 4. The molecule has 0 aliphatic carbocycles. The number of nitrogen functional groups attached to an aromatic ring is 1. The summed E-state index contributed by atoms with van der Waals surface area (Å²) in [6.07, 6.45) is 0. The number of fused-ring (bicyclic) bond motifs is 1. The largest absolute Gasteiger partial charge is 0.505 e. The number of phenols is 1. The number of sulfone groups is 2. The second-order valence-electron chi connectivity index (χ2n) is 12.1. The van der Waals surface area contributed by atoms with Gasteiger partial charge in [0.05, 0.1) is 62.8 Å². The summed E-state index contributed by atoms with van der Waals surface area (Å²) in [5.41, 5.74) is 6.09. The van der Waals surface area contributed by atoms with Crippen molar-refractivity contribution in [3.8, 4) is 5.75 Å². The zero-order chi connectivity index (χ0) is 47.2. The number of hydrogen-bond donors (Lipinski definition) is 7. The van der Waals surface area contributed by atoms with Crippen molar-refractivity contribution in [3.63, 3.8) is 0 Å². The molecule has 0 aliphatic heterocycles. The van der Waals surface area contributed by atoms with E-state index < -0.39 is 80.7 Å². The summed E-state index contributed by atoms with van der Waals surface area (Å²) in [6, 6.07) is 17.8. The number of carbonyl (C=O) groups excluding carboxylic acids is 1. The number of aromatic hydroxyl groups is 1. The minimum atomic E-state index is -5.14. The maximum absolute atomic E-state index is 13.0. The Morgan fingerprint density at radius 3 is 1.85 bits per heavy atom. The number of benzene rings is 5. The molecule has 0 atom stereocenters. The van der Waals surface area contributed by atoms with Gasteiger partial charge in [-0.25, -0.2) is 32.6 Å². The second kappa shape index (κ2) is 23.5. The number of azo groups is 2. The molecule has 0 spiro atoms. The van der Waals surface area contributed by atoms with Crippen molar-refractivity contribution in [2.75, 3.05) is 35.8 Å². The first-order valence-corrected chi connectivity index (χ1v) is 24.0. The Labute approximate surface area is 379 Å². The highest BCUT2D eigenvalue weighted by Crippen LogP contribution is 2.48. The Morgan fingerprint density at radius 2 is 1.25 bits per heavy atom. The van der Waals surface area contributed by atoms with E-state index in [1.54, 1.807) is 0 Å². The Kier molecular flexibility index (Phi) is 18.4. The number of amides is 1. The van der Waals surface area contributed by atoms with Crippen LogP contribution in [0.1, 0.15) is 10.4 Å². The second-order valence-corrected chi connectivity index (χ2v) is 19.5. The Morgan fingerprint density at radius 1 is 0.662 bits per heavy atom. The predicted octanol–water partition coefficient (Wildman–Crippen LogP) is 7.44. The first-order valence-electron chi connectivity index (χ1n) is 17.2. The number of carbonyl (C=O) groups is 1. The summed E-state index contributed by atoms with van der Waals surface area (Å²) in [5.74, 6) is -2.26. The number of nitrogens with one attached hydrogen (secondary N) is 1. The quantitative estimate of drug-likeness (QED) is 0.00600. The summed E-state index contributed by atoms with van der Waals surface area (Å²) in [6.45, 7) is -0.774. The third kappa shape index (κ3) is 14.0. The fourth-order valence-corrected chi connectivity index (χ4v) is 9.27. The van der Waals surface area contributed by atoms with Crippen LogP contribution in [0.5, 0.6) is 5.75 Å². The van der Waals surface area contributed by atoms with E-state index >= 15 is 0 Å². The van der Waals surface area contributed by atoms with Crippen molar-refractivity contribution in [1.29, 1.82) is 0 Å². The molecule has 0 heterocycles. The summed E-state index contributed by atoms with van der Waals surface area (Å²) >= 11 is 0.665. The maximum atomic E-state index is 13.0. The molecule has 348 valence electrons. The standard InChI is InChI=1S/C33H30N6O20S6/c34-26-11-10-24-25(30(26)38-36-21-3-1-19(2-4-21)33(41)35-20-5-7-22(8-6-20)63(45,46)15-13-52-61-58-55-43)18-28(60-57-54-42)31(32(24)40)39-37-27-12-9-23(17-29(27)65(49,50)51)64(47,48)16-14-53-62-59-56-44/h1-12,17-18,40,42-44H,13-16,34H2,(H,35,41)(H,49,50,51)/b38-36+,39-37+. The number of anilines is 2. The van der Waals surface area contributed by atoms with Gasteiger partial charge in [-0.3, -0.25) is 17.7 Å². The molecule has 32 heteroatoms. The molecule has 0 saturated carbocycles. The summed E-state index contributed by atoms with van der Waals surface area (Å²) in [7, 11) is -13.1. The van der Waals surface area contributed by atoms with Gasteiger partial charge < -0.3 is 16.2 Å². The lowest BCUT2D eigenvalue weighted by molar-refractivity contribution is -0.434. The fraction of sp³-hybridized carbons (Fsp3) is 0.121. The lowest BCUT2D eigenvalue weighted by Crippen LogP contribution is -2.13. The van der Waals surface area contributed by atoms with Crippen LogP contribution in [0.2, 0.25) is 0 Å².